The Labute approximate surface area is 105 Å². The largest absolute Gasteiger partial charge is 1.00 e. The molecule has 0 saturated carbocycles. The van der Waals surface area contributed by atoms with Crippen molar-refractivity contribution in [1.82, 2.24) is 0 Å². The molecule has 0 radical (unpaired) electrons. The zero-order chi connectivity index (χ0) is 6.57. The van der Waals surface area contributed by atoms with Gasteiger partial charge in [-0.2, -0.15) is 0 Å². The van der Waals surface area contributed by atoms with Crippen LogP contribution < -0.4 is 68.9 Å². The number of nitrogens with zero attached hydrogens (tertiary/aromatic N) is 1. The molecular weight excluding hydrogens is 175 g/mol. The maximum atomic E-state index is 9.81. The fraction of sp³-hybridized carbons (Fsp3) is 0.667. The Morgan fingerprint density at radius 2 is 1.90 bits per heavy atom. The summed E-state index contributed by atoms with van der Waals surface area (Å²) >= 11 is 0. The molecule has 1 N–H and O–H groups in total. The first-order valence-electron chi connectivity index (χ1n) is 1.96. The van der Waals surface area contributed by atoms with Crippen LogP contribution in [-0.4, -0.2) is 17.1 Å². The molecule has 0 fully saturated rings. The van der Waals surface area contributed by atoms with Crippen molar-refractivity contribution in [3.8, 4) is 0 Å². The zero-order valence-electron chi connectivity index (χ0n) is 6.37. The molecule has 0 amide bonds. The summed E-state index contributed by atoms with van der Waals surface area (Å²) in [4.78, 5) is 19.6. The third-order valence-electron chi connectivity index (χ3n) is 0.529. The Balaban J connectivity index is -0.000000245. The van der Waals surface area contributed by atoms with Crippen LogP contribution in [0.5, 0.6) is 0 Å². The van der Waals surface area contributed by atoms with Crippen LogP contribution in [0.2, 0.25) is 0 Å². The molecule has 0 aliphatic rings. The monoisotopic (exact) mass is 181 g/mol. The van der Waals surface area contributed by atoms with Crippen LogP contribution in [0.25, 0.3) is 0 Å². The summed E-state index contributed by atoms with van der Waals surface area (Å²) in [6, 6.07) is 0. The predicted octanol–water partition coefficient (Wildman–Crippen LogP) is -7.12. The van der Waals surface area contributed by atoms with Crippen LogP contribution in [0.15, 0.2) is 5.16 Å². The van der Waals surface area contributed by atoms with Crippen molar-refractivity contribution < 1.29 is 74.1 Å². The first-order valence-corrected chi connectivity index (χ1v) is 3.32. The summed E-state index contributed by atoms with van der Waals surface area (Å²) < 4.78 is 0. The van der Waals surface area contributed by atoms with Gasteiger partial charge in [0, 0.05) is 0 Å². The maximum Gasteiger partial charge on any atom is 1.00 e. The molecule has 0 rings (SSSR count). The van der Waals surface area contributed by atoms with Gasteiger partial charge in [-0.25, -0.2) is 0 Å². The summed E-state index contributed by atoms with van der Waals surface area (Å²) in [6.07, 6.45) is -0.161. The van der Waals surface area contributed by atoms with E-state index in [9.17, 15) is 9.79 Å². The Hall–Kier alpha value is 1.82. The predicted molar refractivity (Wildman–Crippen MR) is 26.7 cm³/mol. The first kappa shape index (κ1) is 17.8. The summed E-state index contributed by atoms with van der Waals surface area (Å²) in [5.74, 6) is 0. The van der Waals surface area contributed by atoms with Gasteiger partial charge in [0.2, 0.25) is 0 Å². The van der Waals surface area contributed by atoms with Crippen molar-refractivity contribution in [1.29, 1.82) is 0 Å². The third-order valence-corrected chi connectivity index (χ3v) is 1.24. The molecule has 10 heavy (non-hydrogen) atoms. The standard InChI is InChI=1S/C3H6NO3P.2Na/c1-3(4-5)2-8(6)7;;/h5H,2H2,1H3;;/q-2;2*+1. The molecule has 4 nitrogen and oxygen atoms in total. The molecule has 0 aromatic carbocycles. The fourth-order valence-electron chi connectivity index (χ4n) is 0.218. The smallest absolute Gasteiger partial charge is 0.841 e. The van der Waals surface area contributed by atoms with Crippen molar-refractivity contribution in [3.63, 3.8) is 0 Å². The second-order valence-electron chi connectivity index (χ2n) is 1.33. The SMILES string of the molecule is CC(CP([O-])[O-])=NO.[Na+].[Na+]. The van der Waals surface area contributed by atoms with Crippen LogP contribution in [0.3, 0.4) is 0 Å². The number of hydrogen-bond donors (Lipinski definition) is 1. The first-order chi connectivity index (χ1) is 3.66. The molecule has 0 spiro atoms. The van der Waals surface area contributed by atoms with E-state index in [2.05, 4.69) is 5.16 Å². The number of hydrogen-bond acceptors (Lipinski definition) is 4. The molecule has 7 heteroatoms. The Bertz CT molecular complexity index is 99.7. The van der Waals surface area contributed by atoms with E-state index in [1.165, 1.54) is 6.92 Å². The van der Waals surface area contributed by atoms with Crippen molar-refractivity contribution in [3.05, 3.63) is 0 Å². The quantitative estimate of drug-likeness (QED) is 0.151. The molecule has 0 aliphatic heterocycles. The van der Waals surface area contributed by atoms with Crippen molar-refractivity contribution in [2.45, 2.75) is 6.92 Å². The fourth-order valence-corrected chi connectivity index (χ4v) is 0.655. The molecule has 0 bridgehead atoms. The molecule has 0 atom stereocenters. The molecule has 0 aromatic heterocycles. The van der Waals surface area contributed by atoms with Crippen LogP contribution in [0.4, 0.5) is 0 Å². The summed E-state index contributed by atoms with van der Waals surface area (Å²) in [6.45, 7) is 1.44. The van der Waals surface area contributed by atoms with Crippen LogP contribution in [0, 0.1) is 0 Å². The van der Waals surface area contributed by atoms with Crippen LogP contribution in [-0.2, 0) is 0 Å². The van der Waals surface area contributed by atoms with E-state index >= 15 is 0 Å². The van der Waals surface area contributed by atoms with Gasteiger partial charge < -0.3 is 23.4 Å². The van der Waals surface area contributed by atoms with E-state index < -0.39 is 8.38 Å². The van der Waals surface area contributed by atoms with Crippen molar-refractivity contribution >= 4 is 14.1 Å². The van der Waals surface area contributed by atoms with E-state index in [4.69, 9.17) is 5.21 Å². The van der Waals surface area contributed by atoms with Crippen LogP contribution in [0.1, 0.15) is 6.92 Å². The van der Waals surface area contributed by atoms with E-state index in [-0.39, 0.29) is 71.0 Å². The summed E-state index contributed by atoms with van der Waals surface area (Å²) in [7, 11) is -2.44. The third kappa shape index (κ3) is 12.5. The molecule has 0 heterocycles. The number of oxime groups is 1. The molecular formula is C3H6NNa2O3P. The minimum absolute atomic E-state index is 0. The Morgan fingerprint density at radius 3 is 2.00 bits per heavy atom. The van der Waals surface area contributed by atoms with Gasteiger partial charge in [0.05, 0.1) is 5.71 Å². The van der Waals surface area contributed by atoms with Gasteiger partial charge in [0.15, 0.2) is 0 Å². The summed E-state index contributed by atoms with van der Waals surface area (Å²) in [5, 5.41) is 10.6. The van der Waals surface area contributed by atoms with Gasteiger partial charge >= 0.3 is 59.1 Å². The average Bonchev–Trinajstić information content (AvgIpc) is 1.65. The second-order valence-corrected chi connectivity index (χ2v) is 2.31. The minimum Gasteiger partial charge on any atom is -0.841 e. The molecule has 0 unspecified atom stereocenters. The van der Waals surface area contributed by atoms with Crippen molar-refractivity contribution in [2.24, 2.45) is 5.16 Å². The normalized spacial score (nSPS) is 10.2. The van der Waals surface area contributed by atoms with E-state index in [0.717, 1.165) is 0 Å². The number of rotatable bonds is 2. The van der Waals surface area contributed by atoms with Gasteiger partial charge in [-0.05, 0) is 13.1 Å². The van der Waals surface area contributed by atoms with Gasteiger partial charge in [0.1, 0.15) is 0 Å². The molecule has 0 saturated heterocycles. The summed E-state index contributed by atoms with van der Waals surface area (Å²) in [5.41, 5.74) is 0.209. The molecule has 48 valence electrons. The van der Waals surface area contributed by atoms with E-state index in [0.29, 0.717) is 0 Å². The Kier molecular flexibility index (Phi) is 19.2. The minimum atomic E-state index is -2.44. The van der Waals surface area contributed by atoms with Crippen molar-refractivity contribution in [2.75, 3.05) is 6.16 Å². The Morgan fingerprint density at radius 1 is 1.50 bits per heavy atom. The van der Waals surface area contributed by atoms with E-state index in [1.54, 1.807) is 0 Å². The van der Waals surface area contributed by atoms with Gasteiger partial charge in [-0.3, -0.25) is 0 Å². The van der Waals surface area contributed by atoms with Gasteiger partial charge in [-0.15, -0.1) is 0 Å². The van der Waals surface area contributed by atoms with Gasteiger partial charge in [0.25, 0.3) is 0 Å². The topological polar surface area (TPSA) is 78.7 Å². The van der Waals surface area contributed by atoms with E-state index in [1.807, 2.05) is 0 Å². The maximum absolute atomic E-state index is 9.81. The second kappa shape index (κ2) is 10.8. The molecule has 0 aliphatic carbocycles. The van der Waals surface area contributed by atoms with Gasteiger partial charge in [-0.1, -0.05) is 5.16 Å². The average molecular weight is 181 g/mol. The zero-order valence-corrected chi connectivity index (χ0v) is 11.3. The van der Waals surface area contributed by atoms with Crippen LogP contribution >= 0.6 is 8.38 Å². The molecule has 0 aromatic rings.